The molecule has 3 N–H and O–H groups in total. The molecule has 0 aliphatic heterocycles. The van der Waals surface area contributed by atoms with Crippen LogP contribution in [0.4, 0.5) is 23.1 Å². The first-order valence-electron chi connectivity index (χ1n) is 7.97. The van der Waals surface area contributed by atoms with E-state index in [9.17, 15) is 10.1 Å². The first kappa shape index (κ1) is 18.9. The number of halogens is 1. The van der Waals surface area contributed by atoms with Crippen LogP contribution < -0.4 is 16.0 Å². The van der Waals surface area contributed by atoms with Crippen LogP contribution in [0.3, 0.4) is 0 Å². The van der Waals surface area contributed by atoms with Gasteiger partial charge in [0.25, 0.3) is 0 Å². The summed E-state index contributed by atoms with van der Waals surface area (Å²) in [5.41, 5.74) is 0.587. The number of hydrogen-bond donors (Lipinski definition) is 3. The minimum atomic E-state index is -0.499. The highest BCUT2D eigenvalue weighted by Crippen LogP contribution is 2.24. The van der Waals surface area contributed by atoms with E-state index < -0.39 is 4.92 Å². The summed E-state index contributed by atoms with van der Waals surface area (Å²) in [4.78, 5) is 18.9. The van der Waals surface area contributed by atoms with Crippen molar-refractivity contribution in [1.82, 2.24) is 15.3 Å². The van der Waals surface area contributed by atoms with Gasteiger partial charge in [-0.25, -0.2) is 4.98 Å². The molecule has 0 unspecified atom stereocenters. The quantitative estimate of drug-likeness (QED) is 0.354. The number of anilines is 3. The summed E-state index contributed by atoms with van der Waals surface area (Å²) in [7, 11) is 0. The van der Waals surface area contributed by atoms with Crippen LogP contribution in [0.25, 0.3) is 0 Å². The number of benzene rings is 1. The van der Waals surface area contributed by atoms with Crippen molar-refractivity contribution in [2.45, 2.75) is 26.3 Å². The molecule has 0 fully saturated rings. The molecule has 2 aromatic rings. The zero-order valence-corrected chi connectivity index (χ0v) is 14.9. The van der Waals surface area contributed by atoms with Crippen LogP contribution in [0.2, 0.25) is 5.02 Å². The first-order chi connectivity index (χ1) is 12.0. The topological polar surface area (TPSA) is 105 Å². The molecule has 0 aliphatic carbocycles. The van der Waals surface area contributed by atoms with Gasteiger partial charge in [-0.2, -0.15) is 4.98 Å². The minimum absolute atomic E-state index is 0.154. The third kappa shape index (κ3) is 6.17. The lowest BCUT2D eigenvalue weighted by Crippen LogP contribution is -2.25. The molecule has 0 saturated carbocycles. The van der Waals surface area contributed by atoms with E-state index in [-0.39, 0.29) is 17.5 Å². The van der Waals surface area contributed by atoms with Crippen LogP contribution >= 0.6 is 11.6 Å². The lowest BCUT2D eigenvalue weighted by Gasteiger charge is -2.10. The van der Waals surface area contributed by atoms with Gasteiger partial charge in [0, 0.05) is 23.3 Å². The molecule has 134 valence electrons. The Labute approximate surface area is 151 Å². The monoisotopic (exact) mass is 364 g/mol. The van der Waals surface area contributed by atoms with E-state index in [1.54, 1.807) is 24.3 Å². The molecule has 25 heavy (non-hydrogen) atoms. The average Bonchev–Trinajstić information content (AvgIpc) is 2.56. The van der Waals surface area contributed by atoms with Crippen LogP contribution in [-0.2, 0) is 0 Å². The normalized spacial score (nSPS) is 10.7. The number of nitrogens with zero attached hydrogens (tertiary/aromatic N) is 3. The second kappa shape index (κ2) is 9.14. The molecule has 1 aromatic carbocycles. The summed E-state index contributed by atoms with van der Waals surface area (Å²) in [5, 5.41) is 21.1. The molecule has 0 spiro atoms. The second-order valence-electron chi connectivity index (χ2n) is 5.71. The molecule has 0 aliphatic rings. The van der Waals surface area contributed by atoms with Gasteiger partial charge in [0.1, 0.15) is 6.20 Å². The maximum Gasteiger partial charge on any atom is 0.329 e. The summed E-state index contributed by atoms with van der Waals surface area (Å²) in [6, 6.07) is 7.42. The fraction of sp³-hybridized carbons (Fsp3) is 0.375. The summed E-state index contributed by atoms with van der Waals surface area (Å²) < 4.78 is 0. The van der Waals surface area contributed by atoms with E-state index in [1.807, 2.05) is 0 Å². The fourth-order valence-corrected chi connectivity index (χ4v) is 2.17. The maximum absolute atomic E-state index is 11.1. The zero-order chi connectivity index (χ0) is 18.2. The van der Waals surface area contributed by atoms with Crippen LogP contribution in [0.15, 0.2) is 30.5 Å². The van der Waals surface area contributed by atoms with E-state index in [2.05, 4.69) is 39.8 Å². The van der Waals surface area contributed by atoms with Crippen molar-refractivity contribution >= 4 is 34.7 Å². The summed E-state index contributed by atoms with van der Waals surface area (Å²) >= 11 is 5.85. The molecule has 0 atom stereocenters. The van der Waals surface area contributed by atoms with Gasteiger partial charge in [-0.05, 0) is 37.2 Å². The summed E-state index contributed by atoms with van der Waals surface area (Å²) in [5.74, 6) is 0.469. The van der Waals surface area contributed by atoms with Gasteiger partial charge in [0.05, 0.1) is 4.92 Å². The molecule has 2 rings (SSSR count). The van der Waals surface area contributed by atoms with Crippen molar-refractivity contribution in [3.8, 4) is 0 Å². The highest BCUT2D eigenvalue weighted by molar-refractivity contribution is 6.30. The highest BCUT2D eigenvalue weighted by Gasteiger charge is 2.17. The molecular formula is C16H21ClN6O2. The van der Waals surface area contributed by atoms with Gasteiger partial charge < -0.3 is 16.0 Å². The molecular weight excluding hydrogens is 344 g/mol. The van der Waals surface area contributed by atoms with Gasteiger partial charge in [-0.15, -0.1) is 0 Å². The van der Waals surface area contributed by atoms with Crippen molar-refractivity contribution in [3.63, 3.8) is 0 Å². The van der Waals surface area contributed by atoms with Gasteiger partial charge in [0.15, 0.2) is 0 Å². The Morgan fingerprint density at radius 3 is 2.60 bits per heavy atom. The Morgan fingerprint density at radius 1 is 1.24 bits per heavy atom. The van der Waals surface area contributed by atoms with Gasteiger partial charge in [-0.3, -0.25) is 10.1 Å². The predicted octanol–water partition coefficient (Wildman–Crippen LogP) is 3.58. The Balaban J connectivity index is 2.04. The van der Waals surface area contributed by atoms with Crippen LogP contribution in [0.1, 0.15) is 20.3 Å². The average molecular weight is 365 g/mol. The highest BCUT2D eigenvalue weighted by atomic mass is 35.5. The van der Waals surface area contributed by atoms with Crippen molar-refractivity contribution in [2.75, 3.05) is 23.7 Å². The largest absolute Gasteiger partial charge is 0.364 e. The third-order valence-electron chi connectivity index (χ3n) is 3.27. The maximum atomic E-state index is 11.1. The van der Waals surface area contributed by atoms with Gasteiger partial charge >= 0.3 is 5.69 Å². The lowest BCUT2D eigenvalue weighted by atomic mass is 10.3. The van der Waals surface area contributed by atoms with E-state index in [4.69, 9.17) is 11.6 Å². The molecule has 9 heteroatoms. The van der Waals surface area contributed by atoms with E-state index in [0.29, 0.717) is 17.6 Å². The van der Waals surface area contributed by atoms with E-state index in [0.717, 1.165) is 18.7 Å². The molecule has 1 aromatic heterocycles. The van der Waals surface area contributed by atoms with Crippen molar-refractivity contribution < 1.29 is 4.92 Å². The van der Waals surface area contributed by atoms with Gasteiger partial charge in [0.2, 0.25) is 11.8 Å². The molecule has 0 amide bonds. The Morgan fingerprint density at radius 2 is 1.96 bits per heavy atom. The van der Waals surface area contributed by atoms with Crippen LogP contribution in [0.5, 0.6) is 0 Å². The SMILES string of the molecule is CC(C)NCCCNc1nc(Nc2ccc(Cl)cc2)ncc1[N+](=O)[O-]. The van der Waals surface area contributed by atoms with Crippen LogP contribution in [0, 0.1) is 10.1 Å². The summed E-state index contributed by atoms with van der Waals surface area (Å²) in [6.07, 6.45) is 2.01. The van der Waals surface area contributed by atoms with Crippen molar-refractivity contribution in [2.24, 2.45) is 0 Å². The number of hydrogen-bond acceptors (Lipinski definition) is 7. The Bertz CT molecular complexity index is 708. The van der Waals surface area contributed by atoms with Crippen LogP contribution in [-0.4, -0.2) is 34.0 Å². The summed E-state index contributed by atoms with van der Waals surface area (Å²) in [6.45, 7) is 5.52. The molecule has 0 saturated heterocycles. The van der Waals surface area contributed by atoms with Crippen molar-refractivity contribution in [3.05, 3.63) is 45.6 Å². The Hall–Kier alpha value is -2.45. The number of rotatable bonds is 9. The Kier molecular flexibility index (Phi) is 6.91. The molecule has 1 heterocycles. The zero-order valence-electron chi connectivity index (χ0n) is 14.1. The predicted molar refractivity (Wildman–Crippen MR) is 99.7 cm³/mol. The number of nitrogens with one attached hydrogen (secondary N) is 3. The number of aromatic nitrogens is 2. The van der Waals surface area contributed by atoms with E-state index in [1.165, 1.54) is 6.20 Å². The minimum Gasteiger partial charge on any atom is -0.364 e. The lowest BCUT2D eigenvalue weighted by molar-refractivity contribution is -0.384. The van der Waals surface area contributed by atoms with Crippen molar-refractivity contribution in [1.29, 1.82) is 0 Å². The van der Waals surface area contributed by atoms with Gasteiger partial charge in [-0.1, -0.05) is 25.4 Å². The standard InChI is InChI=1S/C16H21ClN6O2/c1-11(2)18-8-3-9-19-15-14(23(24)25)10-20-16(22-15)21-13-6-4-12(17)5-7-13/h4-7,10-11,18H,3,8-9H2,1-2H3,(H2,19,20,21,22). The fourth-order valence-electron chi connectivity index (χ4n) is 2.05. The second-order valence-corrected chi connectivity index (χ2v) is 6.14. The number of nitro groups is 1. The molecule has 0 radical (unpaired) electrons. The smallest absolute Gasteiger partial charge is 0.329 e. The first-order valence-corrected chi connectivity index (χ1v) is 8.35. The molecule has 8 nitrogen and oxygen atoms in total. The molecule has 0 bridgehead atoms. The third-order valence-corrected chi connectivity index (χ3v) is 3.52. The van der Waals surface area contributed by atoms with E-state index >= 15 is 0 Å².